The molecule has 0 radical (unpaired) electrons. The summed E-state index contributed by atoms with van der Waals surface area (Å²) < 4.78 is 5.61. The summed E-state index contributed by atoms with van der Waals surface area (Å²) in [6.45, 7) is 8.20. The fourth-order valence-electron chi connectivity index (χ4n) is 2.08. The Kier molecular flexibility index (Phi) is 7.26. The van der Waals surface area contributed by atoms with E-state index in [-0.39, 0.29) is 5.78 Å². The Morgan fingerprint density at radius 3 is 2.61 bits per heavy atom. The highest BCUT2D eigenvalue weighted by molar-refractivity contribution is 7.47. The molecule has 0 aliphatic carbocycles. The highest BCUT2D eigenvalue weighted by Crippen LogP contribution is 2.44. The van der Waals surface area contributed by atoms with Gasteiger partial charge in [0.1, 0.15) is 5.75 Å². The number of rotatable bonds is 4. The van der Waals surface area contributed by atoms with Gasteiger partial charge in [-0.1, -0.05) is 39.0 Å². The second-order valence-electron chi connectivity index (χ2n) is 3.96. The molecule has 4 heteroatoms. The standard InChI is InChI=1S/C12H18NO2P.C2H6/c1-2-13-10-6-9-12(13)16(14)15-11-7-4-3-5-8-11;1-2/h3-5,7-8,12,14H,2,6,9-10H2,1H3;1-2H3. The Morgan fingerprint density at radius 1 is 1.33 bits per heavy atom. The van der Waals surface area contributed by atoms with Crippen LogP contribution in [0.2, 0.25) is 0 Å². The maximum absolute atomic E-state index is 10.1. The Bertz CT molecular complexity index is 321. The second kappa shape index (κ2) is 8.47. The van der Waals surface area contributed by atoms with E-state index >= 15 is 0 Å². The summed E-state index contributed by atoms with van der Waals surface area (Å²) in [7, 11) is -1.38. The zero-order valence-electron chi connectivity index (χ0n) is 11.5. The summed E-state index contributed by atoms with van der Waals surface area (Å²) >= 11 is 0. The van der Waals surface area contributed by atoms with Gasteiger partial charge in [0.25, 0.3) is 0 Å². The van der Waals surface area contributed by atoms with Crippen molar-refractivity contribution in [3.63, 3.8) is 0 Å². The van der Waals surface area contributed by atoms with E-state index < -0.39 is 8.38 Å². The first-order valence-corrected chi connectivity index (χ1v) is 8.04. The number of para-hydroxylation sites is 1. The van der Waals surface area contributed by atoms with E-state index in [0.29, 0.717) is 0 Å². The smallest absolute Gasteiger partial charge is 0.245 e. The first kappa shape index (κ1) is 15.4. The van der Waals surface area contributed by atoms with Crippen LogP contribution in [0.1, 0.15) is 33.6 Å². The molecule has 18 heavy (non-hydrogen) atoms. The molecule has 1 aromatic carbocycles. The minimum atomic E-state index is -1.38. The first-order chi connectivity index (χ1) is 8.81. The van der Waals surface area contributed by atoms with Crippen LogP contribution in [0.4, 0.5) is 0 Å². The van der Waals surface area contributed by atoms with Gasteiger partial charge in [-0.2, -0.15) is 0 Å². The highest BCUT2D eigenvalue weighted by Gasteiger charge is 2.32. The molecule has 1 aliphatic rings. The third kappa shape index (κ3) is 4.24. The summed E-state index contributed by atoms with van der Waals surface area (Å²) in [5.41, 5.74) is 0. The van der Waals surface area contributed by atoms with Crippen LogP contribution < -0.4 is 4.52 Å². The van der Waals surface area contributed by atoms with Gasteiger partial charge in [0, 0.05) is 0 Å². The van der Waals surface area contributed by atoms with Crippen molar-refractivity contribution < 1.29 is 9.42 Å². The molecule has 102 valence electrons. The van der Waals surface area contributed by atoms with Crippen molar-refractivity contribution in [3.05, 3.63) is 30.3 Å². The number of benzene rings is 1. The minimum absolute atomic E-state index is 0.209. The van der Waals surface area contributed by atoms with Crippen LogP contribution in [0.3, 0.4) is 0 Å². The SMILES string of the molecule is CC.CCN1CCCC1P(O)Oc1ccccc1. The molecular formula is C14H24NO2P. The number of likely N-dealkylation sites (tertiary alicyclic amines) is 1. The van der Waals surface area contributed by atoms with E-state index in [9.17, 15) is 4.89 Å². The molecule has 1 fully saturated rings. The maximum atomic E-state index is 10.1. The molecule has 2 atom stereocenters. The van der Waals surface area contributed by atoms with Crippen molar-refractivity contribution >= 4 is 8.38 Å². The fourth-order valence-corrected chi connectivity index (χ4v) is 3.50. The van der Waals surface area contributed by atoms with Gasteiger partial charge in [-0.25, -0.2) is 0 Å². The van der Waals surface area contributed by atoms with Gasteiger partial charge >= 0.3 is 0 Å². The molecule has 1 N–H and O–H groups in total. The van der Waals surface area contributed by atoms with Crippen LogP contribution in [-0.4, -0.2) is 28.7 Å². The van der Waals surface area contributed by atoms with Crippen molar-refractivity contribution in [2.24, 2.45) is 0 Å². The van der Waals surface area contributed by atoms with E-state index in [1.54, 1.807) is 0 Å². The van der Waals surface area contributed by atoms with Gasteiger partial charge in [0.2, 0.25) is 8.38 Å². The lowest BCUT2D eigenvalue weighted by atomic mass is 10.3. The zero-order valence-corrected chi connectivity index (χ0v) is 12.4. The normalized spacial score (nSPS) is 21.0. The molecule has 0 aromatic heterocycles. The van der Waals surface area contributed by atoms with E-state index in [0.717, 1.165) is 31.7 Å². The minimum Gasteiger partial charge on any atom is -0.446 e. The van der Waals surface area contributed by atoms with Gasteiger partial charge < -0.3 is 9.42 Å². The van der Waals surface area contributed by atoms with Crippen molar-refractivity contribution in [3.8, 4) is 5.75 Å². The summed E-state index contributed by atoms with van der Waals surface area (Å²) in [5.74, 6) is 0.972. The third-order valence-electron chi connectivity index (χ3n) is 2.93. The topological polar surface area (TPSA) is 32.7 Å². The van der Waals surface area contributed by atoms with Gasteiger partial charge in [0.15, 0.2) is 0 Å². The summed E-state index contributed by atoms with van der Waals surface area (Å²) in [6.07, 6.45) is 2.21. The average molecular weight is 269 g/mol. The van der Waals surface area contributed by atoms with Crippen LogP contribution in [0.25, 0.3) is 0 Å². The second-order valence-corrected chi connectivity index (χ2v) is 5.34. The lowest BCUT2D eigenvalue weighted by Gasteiger charge is -2.26. The molecule has 2 unspecified atom stereocenters. The van der Waals surface area contributed by atoms with Crippen molar-refractivity contribution in [2.75, 3.05) is 13.1 Å². The Hall–Kier alpha value is -0.630. The van der Waals surface area contributed by atoms with Gasteiger partial charge in [-0.15, -0.1) is 0 Å². The van der Waals surface area contributed by atoms with E-state index in [1.807, 2.05) is 44.2 Å². The predicted octanol–water partition coefficient (Wildman–Crippen LogP) is 3.84. The first-order valence-electron chi connectivity index (χ1n) is 6.76. The Balaban J connectivity index is 0.000000771. The lowest BCUT2D eigenvalue weighted by molar-refractivity contribution is 0.303. The lowest BCUT2D eigenvalue weighted by Crippen LogP contribution is -2.28. The van der Waals surface area contributed by atoms with E-state index in [4.69, 9.17) is 4.52 Å². The molecule has 1 aliphatic heterocycles. The van der Waals surface area contributed by atoms with Crippen LogP contribution in [0.15, 0.2) is 30.3 Å². The monoisotopic (exact) mass is 269 g/mol. The molecule has 1 heterocycles. The molecule has 0 spiro atoms. The van der Waals surface area contributed by atoms with Crippen LogP contribution in [0.5, 0.6) is 5.75 Å². The highest BCUT2D eigenvalue weighted by atomic mass is 31.2. The van der Waals surface area contributed by atoms with Crippen molar-refractivity contribution in [2.45, 2.75) is 39.4 Å². The van der Waals surface area contributed by atoms with Crippen LogP contribution >= 0.6 is 8.38 Å². The molecule has 3 nitrogen and oxygen atoms in total. The molecule has 0 amide bonds. The summed E-state index contributed by atoms with van der Waals surface area (Å²) in [6, 6.07) is 9.56. The quantitative estimate of drug-likeness (QED) is 0.843. The number of nitrogens with zero attached hydrogens (tertiary/aromatic N) is 1. The molecule has 2 rings (SSSR count). The van der Waals surface area contributed by atoms with Gasteiger partial charge in [-0.3, -0.25) is 4.90 Å². The number of hydrogen-bond acceptors (Lipinski definition) is 3. The van der Waals surface area contributed by atoms with Gasteiger partial charge in [-0.05, 0) is 38.1 Å². The predicted molar refractivity (Wildman–Crippen MR) is 77.8 cm³/mol. The largest absolute Gasteiger partial charge is 0.446 e. The van der Waals surface area contributed by atoms with Crippen LogP contribution in [0, 0.1) is 0 Å². The van der Waals surface area contributed by atoms with E-state index in [1.165, 1.54) is 0 Å². The van der Waals surface area contributed by atoms with E-state index in [2.05, 4.69) is 11.8 Å². The third-order valence-corrected chi connectivity index (χ3v) is 4.43. The zero-order chi connectivity index (χ0) is 13.4. The molecule has 1 saturated heterocycles. The molecule has 1 aromatic rings. The summed E-state index contributed by atoms with van der Waals surface area (Å²) in [5, 5.41) is 0. The van der Waals surface area contributed by atoms with Crippen molar-refractivity contribution in [1.29, 1.82) is 0 Å². The van der Waals surface area contributed by atoms with Gasteiger partial charge in [0.05, 0.1) is 5.78 Å². The Morgan fingerprint density at radius 2 is 2.00 bits per heavy atom. The molecular weight excluding hydrogens is 245 g/mol. The van der Waals surface area contributed by atoms with Crippen LogP contribution in [-0.2, 0) is 0 Å². The number of hydrogen-bond donors (Lipinski definition) is 1. The fraction of sp³-hybridized carbons (Fsp3) is 0.571. The molecule has 0 bridgehead atoms. The summed E-state index contributed by atoms with van der Waals surface area (Å²) in [4.78, 5) is 12.4. The van der Waals surface area contributed by atoms with Crippen molar-refractivity contribution in [1.82, 2.24) is 4.90 Å². The maximum Gasteiger partial charge on any atom is 0.245 e. The Labute approximate surface area is 112 Å². The molecule has 0 saturated carbocycles. The average Bonchev–Trinajstić information content (AvgIpc) is 2.90.